The maximum absolute atomic E-state index is 12.5. The van der Waals surface area contributed by atoms with Gasteiger partial charge in [-0.1, -0.05) is 18.2 Å². The molecule has 0 aromatic heterocycles. The Balaban J connectivity index is 0.00000420. The van der Waals surface area contributed by atoms with Crippen LogP contribution in [0, 0.1) is 0 Å². The fraction of sp³-hybridized carbons (Fsp3) is 0.263. The maximum atomic E-state index is 12.5. The van der Waals surface area contributed by atoms with Crippen LogP contribution in [-0.2, 0) is 16.0 Å². The molecule has 0 atom stereocenters. The second kappa shape index (κ2) is 10.6. The van der Waals surface area contributed by atoms with Gasteiger partial charge in [0.1, 0.15) is 5.75 Å². The highest BCUT2D eigenvalue weighted by atomic mass is 35.5. The lowest BCUT2D eigenvalue weighted by Gasteiger charge is -2.15. The van der Waals surface area contributed by atoms with E-state index in [-0.39, 0.29) is 35.8 Å². The van der Waals surface area contributed by atoms with Gasteiger partial charge in [-0.2, -0.15) is 13.2 Å². The first kappa shape index (κ1) is 24.1. The molecule has 2 rings (SSSR count). The third-order valence-corrected chi connectivity index (χ3v) is 3.74. The number of amides is 1. The van der Waals surface area contributed by atoms with Crippen LogP contribution in [0.25, 0.3) is 0 Å². The summed E-state index contributed by atoms with van der Waals surface area (Å²) in [6.45, 7) is -1.57. The van der Waals surface area contributed by atoms with Gasteiger partial charge in [-0.05, 0) is 36.2 Å². The fourth-order valence-electron chi connectivity index (χ4n) is 2.37. The summed E-state index contributed by atoms with van der Waals surface area (Å²) in [5.74, 6) is -1.46. The number of aryl methyl sites for hydroxylation is 1. The molecule has 0 fully saturated rings. The van der Waals surface area contributed by atoms with E-state index in [0.29, 0.717) is 12.1 Å². The average Bonchev–Trinajstić information content (AvgIpc) is 2.65. The van der Waals surface area contributed by atoms with Crippen molar-refractivity contribution in [2.75, 3.05) is 24.8 Å². The predicted molar refractivity (Wildman–Crippen MR) is 104 cm³/mol. The van der Waals surface area contributed by atoms with Gasteiger partial charge in [-0.25, -0.2) is 4.79 Å². The number of rotatable bonds is 7. The Kier molecular flexibility index (Phi) is 8.78. The second-order valence-corrected chi connectivity index (χ2v) is 5.85. The van der Waals surface area contributed by atoms with E-state index in [1.165, 1.54) is 12.1 Å². The molecule has 2 aromatic rings. The molecular formula is C19H20ClF3N2O4. The highest BCUT2D eigenvalue weighted by Crippen LogP contribution is 2.29. The number of hydrogen-bond donors (Lipinski definition) is 2. The summed E-state index contributed by atoms with van der Waals surface area (Å²) in [4.78, 5) is 23.8. The molecule has 10 heteroatoms. The van der Waals surface area contributed by atoms with Crippen molar-refractivity contribution >= 4 is 35.7 Å². The van der Waals surface area contributed by atoms with Gasteiger partial charge in [0.2, 0.25) is 5.91 Å². The van der Waals surface area contributed by atoms with E-state index in [4.69, 9.17) is 10.5 Å². The van der Waals surface area contributed by atoms with Crippen molar-refractivity contribution in [3.05, 3.63) is 53.6 Å². The summed E-state index contributed by atoms with van der Waals surface area (Å²) in [7, 11) is 1.14. The highest BCUT2D eigenvalue weighted by molar-refractivity contribution is 5.95. The van der Waals surface area contributed by atoms with Crippen LogP contribution >= 0.6 is 12.4 Å². The molecule has 0 aliphatic rings. The molecule has 29 heavy (non-hydrogen) atoms. The Morgan fingerprint density at radius 1 is 1.14 bits per heavy atom. The number of para-hydroxylation sites is 1. The van der Waals surface area contributed by atoms with E-state index in [1.807, 2.05) is 0 Å². The fourth-order valence-corrected chi connectivity index (χ4v) is 2.37. The monoisotopic (exact) mass is 432 g/mol. The molecule has 158 valence electrons. The lowest BCUT2D eigenvalue weighted by Crippen LogP contribution is -2.21. The van der Waals surface area contributed by atoms with Crippen LogP contribution in [0.4, 0.5) is 24.5 Å². The zero-order valence-corrected chi connectivity index (χ0v) is 16.2. The number of nitrogens with two attached hydrogens (primary N) is 1. The third kappa shape index (κ3) is 7.53. The first-order valence-electron chi connectivity index (χ1n) is 8.25. The van der Waals surface area contributed by atoms with Crippen LogP contribution in [0.1, 0.15) is 22.3 Å². The Morgan fingerprint density at radius 2 is 1.83 bits per heavy atom. The molecule has 2 aromatic carbocycles. The summed E-state index contributed by atoms with van der Waals surface area (Å²) in [5.41, 5.74) is 7.16. The number of halogens is 4. The minimum atomic E-state index is -4.58. The molecule has 0 heterocycles. The standard InChI is InChI=1S/C19H19F3N2O4.ClH/c1-27-18(26)13-6-8-15(16(10-13)28-11-19(20,21)22)24-17(25)9-7-12-4-2-3-5-14(12)23;/h2-6,8,10H,7,9,11,23H2,1H3,(H,24,25);1H. The van der Waals surface area contributed by atoms with Crippen molar-refractivity contribution in [3.63, 3.8) is 0 Å². The molecule has 0 bridgehead atoms. The number of hydrogen-bond acceptors (Lipinski definition) is 5. The van der Waals surface area contributed by atoms with Gasteiger partial charge in [0.25, 0.3) is 0 Å². The molecular weight excluding hydrogens is 413 g/mol. The van der Waals surface area contributed by atoms with Crippen LogP contribution in [0.15, 0.2) is 42.5 Å². The number of anilines is 2. The van der Waals surface area contributed by atoms with Gasteiger partial charge in [0.15, 0.2) is 6.61 Å². The zero-order valence-electron chi connectivity index (χ0n) is 15.4. The van der Waals surface area contributed by atoms with E-state index >= 15 is 0 Å². The minimum absolute atomic E-state index is 0. The van der Waals surface area contributed by atoms with Crippen molar-refractivity contribution in [1.29, 1.82) is 0 Å². The molecule has 3 N–H and O–H groups in total. The number of carbonyl (C=O) groups excluding carboxylic acids is 2. The SMILES string of the molecule is COC(=O)c1ccc(NC(=O)CCc2ccccc2N)c(OCC(F)(F)F)c1.Cl. The number of alkyl halides is 3. The number of methoxy groups -OCH3 is 1. The Morgan fingerprint density at radius 3 is 2.45 bits per heavy atom. The maximum Gasteiger partial charge on any atom is 0.422 e. The van der Waals surface area contributed by atoms with Gasteiger partial charge in [0, 0.05) is 12.1 Å². The molecule has 0 saturated heterocycles. The van der Waals surface area contributed by atoms with Gasteiger partial charge >= 0.3 is 12.1 Å². The van der Waals surface area contributed by atoms with Crippen molar-refractivity contribution in [3.8, 4) is 5.75 Å². The Hall–Kier alpha value is -2.94. The Bertz CT molecular complexity index is 860. The molecule has 0 saturated carbocycles. The molecule has 0 spiro atoms. The predicted octanol–water partition coefficient (Wildman–Crippen LogP) is 3.99. The second-order valence-electron chi connectivity index (χ2n) is 5.85. The number of esters is 1. The largest absolute Gasteiger partial charge is 0.482 e. The molecule has 1 amide bonds. The van der Waals surface area contributed by atoms with Gasteiger partial charge in [-0.3, -0.25) is 4.79 Å². The average molecular weight is 433 g/mol. The summed E-state index contributed by atoms with van der Waals surface area (Å²) in [6.07, 6.45) is -4.16. The number of nitrogen functional groups attached to an aromatic ring is 1. The molecule has 0 aliphatic heterocycles. The number of ether oxygens (including phenoxy) is 2. The number of nitrogens with one attached hydrogen (secondary N) is 1. The van der Waals surface area contributed by atoms with Gasteiger partial charge in [-0.15, -0.1) is 12.4 Å². The Labute approximate surface area is 171 Å². The summed E-state index contributed by atoms with van der Waals surface area (Å²) in [5, 5.41) is 2.50. The van der Waals surface area contributed by atoms with Crippen LogP contribution in [-0.4, -0.2) is 31.8 Å². The summed E-state index contributed by atoms with van der Waals surface area (Å²) < 4.78 is 46.8. The van der Waals surface area contributed by atoms with Crippen LogP contribution in [0.5, 0.6) is 5.75 Å². The number of benzene rings is 2. The van der Waals surface area contributed by atoms with E-state index < -0.39 is 24.7 Å². The number of carbonyl (C=O) groups is 2. The van der Waals surface area contributed by atoms with Crippen molar-refractivity contribution in [1.82, 2.24) is 0 Å². The van der Waals surface area contributed by atoms with Crippen LogP contribution in [0.2, 0.25) is 0 Å². The zero-order chi connectivity index (χ0) is 20.7. The summed E-state index contributed by atoms with van der Waals surface area (Å²) in [6, 6.07) is 10.7. The molecule has 6 nitrogen and oxygen atoms in total. The minimum Gasteiger partial charge on any atom is -0.482 e. The van der Waals surface area contributed by atoms with E-state index in [2.05, 4.69) is 10.1 Å². The first-order valence-corrected chi connectivity index (χ1v) is 8.25. The van der Waals surface area contributed by atoms with Crippen molar-refractivity contribution in [2.24, 2.45) is 0 Å². The van der Waals surface area contributed by atoms with Gasteiger partial charge < -0.3 is 20.5 Å². The van der Waals surface area contributed by atoms with Gasteiger partial charge in [0.05, 0.1) is 18.4 Å². The smallest absolute Gasteiger partial charge is 0.422 e. The topological polar surface area (TPSA) is 90.7 Å². The molecule has 0 aliphatic carbocycles. The van der Waals surface area contributed by atoms with E-state index in [1.54, 1.807) is 24.3 Å². The lowest BCUT2D eigenvalue weighted by molar-refractivity contribution is -0.153. The van der Waals surface area contributed by atoms with E-state index in [9.17, 15) is 22.8 Å². The molecule has 0 unspecified atom stereocenters. The van der Waals surface area contributed by atoms with E-state index in [0.717, 1.165) is 18.7 Å². The van der Waals surface area contributed by atoms with Crippen LogP contribution < -0.4 is 15.8 Å². The van der Waals surface area contributed by atoms with Crippen molar-refractivity contribution in [2.45, 2.75) is 19.0 Å². The lowest BCUT2D eigenvalue weighted by atomic mass is 10.1. The van der Waals surface area contributed by atoms with Crippen LogP contribution in [0.3, 0.4) is 0 Å². The molecule has 0 radical (unpaired) electrons. The third-order valence-electron chi connectivity index (χ3n) is 3.74. The highest BCUT2D eigenvalue weighted by Gasteiger charge is 2.29. The quantitative estimate of drug-likeness (QED) is 0.510. The van der Waals surface area contributed by atoms with Crippen molar-refractivity contribution < 1.29 is 32.2 Å². The first-order chi connectivity index (χ1) is 13.2. The normalized spacial score (nSPS) is 10.6. The summed E-state index contributed by atoms with van der Waals surface area (Å²) >= 11 is 0.